The Labute approximate surface area is 170 Å². The second-order valence-electron chi connectivity index (χ2n) is 8.50. The maximum absolute atomic E-state index is 12.5. The van der Waals surface area contributed by atoms with Crippen LogP contribution in [0, 0.1) is 0 Å². The van der Waals surface area contributed by atoms with Gasteiger partial charge in [-0.25, -0.2) is 4.79 Å². The highest BCUT2D eigenvalue weighted by Crippen LogP contribution is 2.27. The third-order valence-corrected chi connectivity index (χ3v) is 4.85. The predicted molar refractivity (Wildman–Crippen MR) is 108 cm³/mol. The molecule has 0 aliphatic carbocycles. The van der Waals surface area contributed by atoms with Crippen molar-refractivity contribution in [2.45, 2.75) is 58.3 Å². The summed E-state index contributed by atoms with van der Waals surface area (Å²) in [6, 6.07) is 5.43. The molecule has 2 aliphatic heterocycles. The van der Waals surface area contributed by atoms with Crippen molar-refractivity contribution in [1.29, 1.82) is 0 Å². The fourth-order valence-electron chi connectivity index (χ4n) is 3.52. The summed E-state index contributed by atoms with van der Waals surface area (Å²) in [7, 11) is 0. The Morgan fingerprint density at radius 1 is 1.31 bits per heavy atom. The van der Waals surface area contributed by atoms with E-state index in [1.165, 1.54) is 6.92 Å². The maximum Gasteiger partial charge on any atom is 0.414 e. The second-order valence-corrected chi connectivity index (χ2v) is 8.50. The molecule has 2 heterocycles. The Kier molecular flexibility index (Phi) is 6.12. The number of fused-ring (bicyclic) bond motifs is 1. The van der Waals surface area contributed by atoms with Crippen LogP contribution in [-0.2, 0) is 31.9 Å². The van der Waals surface area contributed by atoms with Crippen LogP contribution in [0.2, 0.25) is 0 Å². The van der Waals surface area contributed by atoms with E-state index < -0.39 is 11.7 Å². The number of ether oxygens (including phenoxy) is 2. The van der Waals surface area contributed by atoms with E-state index in [0.717, 1.165) is 23.2 Å². The minimum absolute atomic E-state index is 0.156. The van der Waals surface area contributed by atoms with E-state index in [2.05, 4.69) is 10.6 Å². The maximum atomic E-state index is 12.5. The Hall–Kier alpha value is -2.61. The lowest BCUT2D eigenvalue weighted by molar-refractivity contribution is -0.157. The lowest BCUT2D eigenvalue weighted by Gasteiger charge is -2.24. The molecule has 0 bridgehead atoms. The number of carbonyl (C=O) groups is 3. The molecule has 1 fully saturated rings. The largest absolute Gasteiger partial charge is 0.459 e. The van der Waals surface area contributed by atoms with Crippen LogP contribution in [0.5, 0.6) is 0 Å². The van der Waals surface area contributed by atoms with Gasteiger partial charge in [0.2, 0.25) is 5.91 Å². The first-order valence-corrected chi connectivity index (χ1v) is 9.93. The molecule has 2 N–H and O–H groups in total. The first kappa shape index (κ1) is 21.1. The van der Waals surface area contributed by atoms with Crippen LogP contribution in [-0.4, -0.2) is 55.4 Å². The molecular formula is C21H29N3O5. The number of anilines is 1. The van der Waals surface area contributed by atoms with Crippen LogP contribution in [0.4, 0.5) is 10.5 Å². The van der Waals surface area contributed by atoms with E-state index in [1.54, 1.807) is 4.90 Å². The van der Waals surface area contributed by atoms with Crippen molar-refractivity contribution < 1.29 is 23.9 Å². The van der Waals surface area contributed by atoms with Crippen molar-refractivity contribution in [1.82, 2.24) is 10.6 Å². The zero-order chi connectivity index (χ0) is 21.2. The first-order valence-electron chi connectivity index (χ1n) is 9.93. The Morgan fingerprint density at radius 2 is 2.07 bits per heavy atom. The monoisotopic (exact) mass is 403 g/mol. The molecule has 8 nitrogen and oxygen atoms in total. The topological polar surface area (TPSA) is 97.0 Å². The number of cyclic esters (lactones) is 1. The molecule has 8 heteroatoms. The van der Waals surface area contributed by atoms with Crippen LogP contribution in [0.3, 0.4) is 0 Å². The SMILES string of the molecule is CC(=O)NCC1CN(c2ccc3c(c2)CCNC(C(=O)OC(C)(C)C)C3)C(=O)O1. The van der Waals surface area contributed by atoms with Crippen LogP contribution in [0.1, 0.15) is 38.8 Å². The van der Waals surface area contributed by atoms with Gasteiger partial charge in [0.15, 0.2) is 0 Å². The molecule has 2 amide bonds. The molecular weight excluding hydrogens is 374 g/mol. The highest BCUT2D eigenvalue weighted by Gasteiger charge is 2.33. The molecule has 2 unspecified atom stereocenters. The second kappa shape index (κ2) is 8.41. The lowest BCUT2D eigenvalue weighted by atomic mass is 9.99. The molecule has 2 atom stereocenters. The summed E-state index contributed by atoms with van der Waals surface area (Å²) in [4.78, 5) is 37.4. The van der Waals surface area contributed by atoms with Gasteiger partial charge in [-0.2, -0.15) is 0 Å². The van der Waals surface area contributed by atoms with Gasteiger partial charge in [0.05, 0.1) is 13.1 Å². The minimum atomic E-state index is -0.526. The molecule has 0 radical (unpaired) electrons. The number of carbonyl (C=O) groups excluding carboxylic acids is 3. The molecule has 2 aliphatic rings. The standard InChI is InChI=1S/C21H29N3O5/c1-13(25)23-11-17-12-24(20(27)28-17)16-6-5-14-10-18(19(26)29-21(2,3)4)22-8-7-15(14)9-16/h5-6,9,17-18,22H,7-8,10-12H2,1-4H3,(H,23,25). The third-order valence-electron chi connectivity index (χ3n) is 4.85. The predicted octanol–water partition coefficient (Wildman–Crippen LogP) is 1.55. The highest BCUT2D eigenvalue weighted by molar-refractivity contribution is 5.90. The molecule has 0 saturated carbocycles. The first-order chi connectivity index (χ1) is 13.6. The zero-order valence-electron chi connectivity index (χ0n) is 17.4. The Bertz CT molecular complexity index is 802. The Morgan fingerprint density at radius 3 is 2.76 bits per heavy atom. The smallest absolute Gasteiger partial charge is 0.414 e. The van der Waals surface area contributed by atoms with Gasteiger partial charge in [-0.3, -0.25) is 14.5 Å². The quantitative estimate of drug-likeness (QED) is 0.741. The molecule has 1 saturated heterocycles. The number of hydrogen-bond acceptors (Lipinski definition) is 6. The number of nitrogens with zero attached hydrogens (tertiary/aromatic N) is 1. The Balaban J connectivity index is 1.70. The van der Waals surface area contributed by atoms with Gasteiger partial charge in [0, 0.05) is 12.6 Å². The fraction of sp³-hybridized carbons (Fsp3) is 0.571. The molecule has 1 aromatic carbocycles. The lowest BCUT2D eigenvalue weighted by Crippen LogP contribution is -2.42. The summed E-state index contributed by atoms with van der Waals surface area (Å²) in [6.45, 7) is 8.33. The van der Waals surface area contributed by atoms with Gasteiger partial charge < -0.3 is 20.1 Å². The number of rotatable bonds is 4. The van der Waals surface area contributed by atoms with E-state index in [-0.39, 0.29) is 24.0 Å². The average molecular weight is 403 g/mol. The average Bonchev–Trinajstić information content (AvgIpc) is 2.85. The van der Waals surface area contributed by atoms with E-state index in [0.29, 0.717) is 26.1 Å². The van der Waals surface area contributed by atoms with Crippen molar-refractivity contribution in [3.8, 4) is 0 Å². The zero-order valence-corrected chi connectivity index (χ0v) is 17.4. The third kappa shape index (κ3) is 5.47. The van der Waals surface area contributed by atoms with Crippen LogP contribution in [0.25, 0.3) is 0 Å². The van der Waals surface area contributed by atoms with Crippen LogP contribution < -0.4 is 15.5 Å². The van der Waals surface area contributed by atoms with E-state index in [4.69, 9.17) is 9.47 Å². The van der Waals surface area contributed by atoms with Gasteiger partial charge in [-0.1, -0.05) is 6.07 Å². The van der Waals surface area contributed by atoms with Crippen LogP contribution >= 0.6 is 0 Å². The van der Waals surface area contributed by atoms with E-state index in [1.807, 2.05) is 39.0 Å². The summed E-state index contributed by atoms with van der Waals surface area (Å²) >= 11 is 0. The summed E-state index contributed by atoms with van der Waals surface area (Å²) < 4.78 is 10.9. The molecule has 29 heavy (non-hydrogen) atoms. The molecule has 1 aromatic rings. The van der Waals surface area contributed by atoms with Gasteiger partial charge in [0.25, 0.3) is 0 Å². The van der Waals surface area contributed by atoms with Crippen molar-refractivity contribution >= 4 is 23.7 Å². The number of benzene rings is 1. The summed E-state index contributed by atoms with van der Waals surface area (Å²) in [5, 5.41) is 5.94. The van der Waals surface area contributed by atoms with Crippen molar-refractivity contribution in [2.75, 3.05) is 24.5 Å². The summed E-state index contributed by atoms with van der Waals surface area (Å²) in [5.74, 6) is -0.407. The van der Waals surface area contributed by atoms with Gasteiger partial charge in [-0.15, -0.1) is 0 Å². The minimum Gasteiger partial charge on any atom is -0.459 e. The van der Waals surface area contributed by atoms with Crippen molar-refractivity contribution in [3.63, 3.8) is 0 Å². The molecule has 0 spiro atoms. The van der Waals surface area contributed by atoms with Gasteiger partial charge in [0.1, 0.15) is 17.7 Å². The molecule has 158 valence electrons. The summed E-state index contributed by atoms with van der Waals surface area (Å²) in [6.07, 6.45) is 0.503. The fourth-order valence-corrected chi connectivity index (χ4v) is 3.52. The van der Waals surface area contributed by atoms with Gasteiger partial charge in [-0.05, 0) is 63.4 Å². The van der Waals surface area contributed by atoms with Crippen molar-refractivity contribution in [2.24, 2.45) is 0 Å². The van der Waals surface area contributed by atoms with Crippen LogP contribution in [0.15, 0.2) is 18.2 Å². The number of amides is 2. The van der Waals surface area contributed by atoms with Crippen molar-refractivity contribution in [3.05, 3.63) is 29.3 Å². The summed E-state index contributed by atoms with van der Waals surface area (Å²) in [5.41, 5.74) is 2.40. The number of esters is 1. The number of hydrogen-bond donors (Lipinski definition) is 2. The van der Waals surface area contributed by atoms with Gasteiger partial charge >= 0.3 is 12.1 Å². The highest BCUT2D eigenvalue weighted by atomic mass is 16.6. The molecule has 3 rings (SSSR count). The van der Waals surface area contributed by atoms with E-state index in [9.17, 15) is 14.4 Å². The normalized spacial score (nSPS) is 21.8. The molecule has 0 aromatic heterocycles. The van der Waals surface area contributed by atoms with E-state index >= 15 is 0 Å². The number of nitrogens with one attached hydrogen (secondary N) is 2.